The number of pyridine rings is 1. The molecule has 0 radical (unpaired) electrons. The highest BCUT2D eigenvalue weighted by Crippen LogP contribution is 2.23. The van der Waals surface area contributed by atoms with Crippen molar-refractivity contribution in [3.63, 3.8) is 0 Å². The molecular formula is C12H17N3O. The van der Waals surface area contributed by atoms with Gasteiger partial charge in [0.05, 0.1) is 6.10 Å². The molecule has 1 aliphatic rings. The van der Waals surface area contributed by atoms with Crippen molar-refractivity contribution >= 4 is 17.9 Å². The fourth-order valence-corrected chi connectivity index (χ4v) is 1.94. The minimum Gasteiger partial charge on any atom is -0.393 e. The molecule has 1 fully saturated rings. The third-order valence-corrected chi connectivity index (χ3v) is 2.91. The van der Waals surface area contributed by atoms with Crippen LogP contribution in [0.3, 0.4) is 0 Å². The molecule has 1 aromatic rings. The molecule has 1 heterocycles. The van der Waals surface area contributed by atoms with E-state index in [0.717, 1.165) is 25.7 Å². The number of hydrogen-bond acceptors (Lipinski definition) is 4. The maximum absolute atomic E-state index is 9.38. The molecule has 0 saturated heterocycles. The Morgan fingerprint density at radius 3 is 2.75 bits per heavy atom. The van der Waals surface area contributed by atoms with Gasteiger partial charge in [-0.3, -0.25) is 0 Å². The Kier molecular flexibility index (Phi) is 3.51. The number of rotatable bonds is 2. The average molecular weight is 219 g/mol. The second-order valence-electron chi connectivity index (χ2n) is 4.27. The quantitative estimate of drug-likeness (QED) is 0.746. The van der Waals surface area contributed by atoms with Crippen molar-refractivity contribution in [3.05, 3.63) is 18.2 Å². The molecule has 1 aromatic heterocycles. The van der Waals surface area contributed by atoms with Crippen molar-refractivity contribution < 1.29 is 5.11 Å². The topological polar surface area (TPSA) is 71.5 Å². The van der Waals surface area contributed by atoms with Gasteiger partial charge in [-0.1, -0.05) is 6.07 Å². The summed E-state index contributed by atoms with van der Waals surface area (Å²) in [7, 11) is 0. The fourth-order valence-electron chi connectivity index (χ4n) is 1.94. The molecular weight excluding hydrogens is 202 g/mol. The van der Waals surface area contributed by atoms with Gasteiger partial charge in [0.1, 0.15) is 5.82 Å². The predicted octanol–water partition coefficient (Wildman–Crippen LogP) is 1.92. The molecule has 2 rings (SSSR count). The second-order valence-corrected chi connectivity index (χ2v) is 4.27. The summed E-state index contributed by atoms with van der Waals surface area (Å²) in [5, 5.41) is 9.38. The van der Waals surface area contributed by atoms with Gasteiger partial charge in [0, 0.05) is 6.21 Å². The van der Waals surface area contributed by atoms with Crippen LogP contribution in [0, 0.1) is 5.92 Å². The Morgan fingerprint density at radius 2 is 2.06 bits per heavy atom. The molecule has 86 valence electrons. The molecule has 0 atom stereocenters. The average Bonchev–Trinajstić information content (AvgIpc) is 2.28. The van der Waals surface area contributed by atoms with Gasteiger partial charge in [-0.25, -0.2) is 9.98 Å². The van der Waals surface area contributed by atoms with E-state index >= 15 is 0 Å². The maximum Gasteiger partial charge on any atom is 0.153 e. The van der Waals surface area contributed by atoms with Crippen LogP contribution in [0.1, 0.15) is 25.7 Å². The van der Waals surface area contributed by atoms with Crippen LogP contribution in [0.4, 0.5) is 11.6 Å². The van der Waals surface area contributed by atoms with E-state index in [1.807, 2.05) is 18.3 Å². The molecule has 3 N–H and O–H groups in total. The standard InChI is InChI=1S/C12H17N3O/c13-11-2-1-3-12(15-11)14-8-9-4-6-10(16)7-5-9/h1-3,8-10,16H,4-7H2,(H2,13,15). The van der Waals surface area contributed by atoms with Gasteiger partial charge in [-0.05, 0) is 43.7 Å². The zero-order chi connectivity index (χ0) is 11.4. The number of anilines is 1. The number of hydrogen-bond donors (Lipinski definition) is 2. The summed E-state index contributed by atoms with van der Waals surface area (Å²) in [6.07, 6.45) is 5.59. The van der Waals surface area contributed by atoms with Crippen molar-refractivity contribution in [2.75, 3.05) is 5.73 Å². The normalized spacial score (nSPS) is 26.1. The van der Waals surface area contributed by atoms with Crippen LogP contribution in [0.25, 0.3) is 0 Å². The monoisotopic (exact) mass is 219 g/mol. The second kappa shape index (κ2) is 5.07. The lowest BCUT2D eigenvalue weighted by atomic mass is 9.88. The summed E-state index contributed by atoms with van der Waals surface area (Å²) in [6, 6.07) is 5.43. The molecule has 4 heteroatoms. The highest BCUT2D eigenvalue weighted by Gasteiger charge is 2.17. The Hall–Kier alpha value is -1.42. The summed E-state index contributed by atoms with van der Waals surface area (Å²) < 4.78 is 0. The molecule has 4 nitrogen and oxygen atoms in total. The van der Waals surface area contributed by atoms with E-state index in [2.05, 4.69) is 9.98 Å². The van der Waals surface area contributed by atoms with E-state index in [-0.39, 0.29) is 6.10 Å². The molecule has 0 aliphatic heterocycles. The SMILES string of the molecule is Nc1cccc(N=CC2CCC(O)CC2)n1. The lowest BCUT2D eigenvalue weighted by Gasteiger charge is -2.21. The van der Waals surface area contributed by atoms with Crippen LogP contribution in [-0.4, -0.2) is 22.4 Å². The van der Waals surface area contributed by atoms with Crippen LogP contribution in [0.2, 0.25) is 0 Å². The molecule has 0 bridgehead atoms. The number of nitrogen functional groups attached to an aromatic ring is 1. The number of aliphatic imine (C=N–C) groups is 1. The minimum absolute atomic E-state index is 0.116. The van der Waals surface area contributed by atoms with Gasteiger partial charge in [0.25, 0.3) is 0 Å². The van der Waals surface area contributed by atoms with E-state index in [1.165, 1.54) is 0 Å². The van der Waals surface area contributed by atoms with Gasteiger partial charge in [0.2, 0.25) is 0 Å². The van der Waals surface area contributed by atoms with E-state index < -0.39 is 0 Å². The van der Waals surface area contributed by atoms with Crippen LogP contribution in [0.15, 0.2) is 23.2 Å². The third-order valence-electron chi connectivity index (χ3n) is 2.91. The number of nitrogens with two attached hydrogens (primary N) is 1. The van der Waals surface area contributed by atoms with Gasteiger partial charge in [-0.15, -0.1) is 0 Å². The Bertz CT molecular complexity index is 370. The first kappa shape index (κ1) is 11.1. The third kappa shape index (κ3) is 3.03. The molecule has 16 heavy (non-hydrogen) atoms. The van der Waals surface area contributed by atoms with Gasteiger partial charge >= 0.3 is 0 Å². The molecule has 0 amide bonds. The highest BCUT2D eigenvalue weighted by atomic mass is 16.3. The summed E-state index contributed by atoms with van der Waals surface area (Å²) >= 11 is 0. The van der Waals surface area contributed by atoms with Crippen molar-refractivity contribution in [2.24, 2.45) is 10.9 Å². The van der Waals surface area contributed by atoms with Crippen molar-refractivity contribution in [1.82, 2.24) is 4.98 Å². The van der Waals surface area contributed by atoms with E-state index in [4.69, 9.17) is 5.73 Å². The van der Waals surface area contributed by atoms with E-state index in [9.17, 15) is 5.11 Å². The lowest BCUT2D eigenvalue weighted by molar-refractivity contribution is 0.121. The minimum atomic E-state index is -0.116. The van der Waals surface area contributed by atoms with Crippen LogP contribution >= 0.6 is 0 Å². The number of nitrogens with zero attached hydrogens (tertiary/aromatic N) is 2. The summed E-state index contributed by atoms with van der Waals surface area (Å²) in [5.41, 5.74) is 5.57. The van der Waals surface area contributed by atoms with Crippen molar-refractivity contribution in [3.8, 4) is 0 Å². The number of aliphatic hydroxyl groups is 1. The predicted molar refractivity (Wildman–Crippen MR) is 64.8 cm³/mol. The van der Waals surface area contributed by atoms with Gasteiger partial charge in [0.15, 0.2) is 5.82 Å². The Labute approximate surface area is 95.2 Å². The number of aromatic nitrogens is 1. The first-order valence-corrected chi connectivity index (χ1v) is 5.69. The van der Waals surface area contributed by atoms with Crippen LogP contribution < -0.4 is 5.73 Å². The molecule has 1 saturated carbocycles. The molecule has 0 aromatic carbocycles. The van der Waals surface area contributed by atoms with Crippen molar-refractivity contribution in [2.45, 2.75) is 31.8 Å². The molecule has 0 unspecified atom stereocenters. The molecule has 1 aliphatic carbocycles. The summed E-state index contributed by atoms with van der Waals surface area (Å²) in [4.78, 5) is 8.42. The zero-order valence-electron chi connectivity index (χ0n) is 9.21. The smallest absolute Gasteiger partial charge is 0.153 e. The van der Waals surface area contributed by atoms with Gasteiger partial charge < -0.3 is 10.8 Å². The van der Waals surface area contributed by atoms with E-state index in [0.29, 0.717) is 17.6 Å². The first-order chi connectivity index (χ1) is 7.74. The molecule has 0 spiro atoms. The van der Waals surface area contributed by atoms with Crippen LogP contribution in [-0.2, 0) is 0 Å². The lowest BCUT2D eigenvalue weighted by Crippen LogP contribution is -2.18. The zero-order valence-corrected chi connectivity index (χ0v) is 9.21. The first-order valence-electron chi connectivity index (χ1n) is 5.69. The fraction of sp³-hybridized carbons (Fsp3) is 0.500. The summed E-state index contributed by atoms with van der Waals surface area (Å²) in [5.74, 6) is 1.62. The van der Waals surface area contributed by atoms with Gasteiger partial charge in [-0.2, -0.15) is 0 Å². The van der Waals surface area contributed by atoms with Crippen molar-refractivity contribution in [1.29, 1.82) is 0 Å². The Balaban J connectivity index is 1.94. The van der Waals surface area contributed by atoms with E-state index in [1.54, 1.807) is 6.07 Å². The largest absolute Gasteiger partial charge is 0.393 e. The van der Waals surface area contributed by atoms with Crippen LogP contribution in [0.5, 0.6) is 0 Å². The maximum atomic E-state index is 9.38. The Morgan fingerprint density at radius 1 is 1.31 bits per heavy atom. The highest BCUT2D eigenvalue weighted by molar-refractivity contribution is 5.65. The summed E-state index contributed by atoms with van der Waals surface area (Å²) in [6.45, 7) is 0. The number of aliphatic hydroxyl groups excluding tert-OH is 1.